The zero-order chi connectivity index (χ0) is 11.3. The minimum atomic E-state index is 0.119. The number of para-hydroxylation sites is 1. The number of nitrogens with zero attached hydrogens (tertiary/aromatic N) is 1. The molecule has 0 radical (unpaired) electrons. The van der Waals surface area contributed by atoms with Crippen LogP contribution in [0.1, 0.15) is 24.9 Å². The number of rotatable bonds is 5. The third kappa shape index (κ3) is 2.83. The van der Waals surface area contributed by atoms with Crippen LogP contribution in [0.3, 0.4) is 0 Å². The minimum Gasteiger partial charge on any atom is -0.371 e. The van der Waals surface area contributed by atoms with E-state index in [1.165, 1.54) is 11.3 Å². The first-order valence-electron chi connectivity index (χ1n) is 5.37. The highest BCUT2D eigenvalue weighted by Crippen LogP contribution is 2.25. The summed E-state index contributed by atoms with van der Waals surface area (Å²) in [6.07, 6.45) is 2.85. The van der Waals surface area contributed by atoms with Crippen molar-refractivity contribution in [3.8, 4) is 0 Å². The van der Waals surface area contributed by atoms with E-state index in [1.54, 1.807) is 0 Å². The Bertz CT molecular complexity index is 320. The molecule has 0 amide bonds. The number of likely N-dealkylation sites (N-methyl/N-ethyl adjacent to an activating group) is 1. The van der Waals surface area contributed by atoms with Crippen LogP contribution in [0.25, 0.3) is 0 Å². The van der Waals surface area contributed by atoms with Crippen molar-refractivity contribution in [3.63, 3.8) is 0 Å². The quantitative estimate of drug-likeness (QED) is 0.747. The lowest BCUT2D eigenvalue weighted by atomic mass is 10.0. The Morgan fingerprint density at radius 3 is 2.73 bits per heavy atom. The number of nitrogens with two attached hydrogens (primary N) is 1. The predicted octanol–water partition coefficient (Wildman–Crippen LogP) is 2.72. The van der Waals surface area contributed by atoms with Gasteiger partial charge >= 0.3 is 0 Å². The Labute approximate surface area is 92.4 Å². The molecule has 0 aliphatic rings. The molecule has 0 spiro atoms. The van der Waals surface area contributed by atoms with Gasteiger partial charge < -0.3 is 10.6 Å². The van der Waals surface area contributed by atoms with Crippen LogP contribution in [-0.4, -0.2) is 13.6 Å². The van der Waals surface area contributed by atoms with Crippen LogP contribution < -0.4 is 10.6 Å². The van der Waals surface area contributed by atoms with Crippen LogP contribution in [-0.2, 0) is 0 Å². The topological polar surface area (TPSA) is 29.3 Å². The fraction of sp³-hybridized carbons (Fsp3) is 0.385. The van der Waals surface area contributed by atoms with Crippen molar-refractivity contribution < 1.29 is 0 Å². The average molecular weight is 204 g/mol. The zero-order valence-electron chi connectivity index (χ0n) is 9.61. The molecule has 1 aromatic rings. The largest absolute Gasteiger partial charge is 0.371 e. The second-order valence-electron chi connectivity index (χ2n) is 3.74. The van der Waals surface area contributed by atoms with Gasteiger partial charge in [0.2, 0.25) is 0 Å². The van der Waals surface area contributed by atoms with Gasteiger partial charge in [-0.3, -0.25) is 0 Å². The third-order valence-electron chi connectivity index (χ3n) is 2.59. The highest BCUT2D eigenvalue weighted by Gasteiger charge is 2.10. The van der Waals surface area contributed by atoms with Crippen molar-refractivity contribution in [2.45, 2.75) is 19.4 Å². The summed E-state index contributed by atoms with van der Waals surface area (Å²) in [6.45, 7) is 6.69. The third-order valence-corrected chi connectivity index (χ3v) is 2.59. The Morgan fingerprint density at radius 1 is 1.47 bits per heavy atom. The zero-order valence-corrected chi connectivity index (χ0v) is 9.61. The number of benzene rings is 1. The van der Waals surface area contributed by atoms with Crippen LogP contribution in [0.4, 0.5) is 5.69 Å². The maximum Gasteiger partial charge on any atom is 0.0414 e. The lowest BCUT2D eigenvalue weighted by Crippen LogP contribution is -2.21. The summed E-state index contributed by atoms with van der Waals surface area (Å²) >= 11 is 0. The Hall–Kier alpha value is -1.28. The van der Waals surface area contributed by atoms with Gasteiger partial charge in [-0.25, -0.2) is 0 Å². The summed E-state index contributed by atoms with van der Waals surface area (Å²) in [5, 5.41) is 0. The molecule has 0 aromatic heterocycles. The van der Waals surface area contributed by atoms with Gasteiger partial charge in [0.15, 0.2) is 0 Å². The summed E-state index contributed by atoms with van der Waals surface area (Å²) in [5.74, 6) is 0. The Morgan fingerprint density at radius 2 is 2.13 bits per heavy atom. The molecule has 1 aromatic carbocycles. The van der Waals surface area contributed by atoms with Crippen molar-refractivity contribution in [2.24, 2.45) is 5.73 Å². The second kappa shape index (κ2) is 5.56. The smallest absolute Gasteiger partial charge is 0.0414 e. The predicted molar refractivity (Wildman–Crippen MR) is 67.1 cm³/mol. The van der Waals surface area contributed by atoms with E-state index >= 15 is 0 Å². The molecule has 0 aliphatic carbocycles. The number of hydrogen-bond acceptors (Lipinski definition) is 2. The molecule has 0 bridgehead atoms. The summed E-state index contributed by atoms with van der Waals surface area (Å²) in [7, 11) is 2.06. The molecule has 0 heterocycles. The fourth-order valence-electron chi connectivity index (χ4n) is 1.66. The first kappa shape index (κ1) is 11.8. The van der Waals surface area contributed by atoms with E-state index in [0.717, 1.165) is 13.0 Å². The van der Waals surface area contributed by atoms with Gasteiger partial charge in [-0.1, -0.05) is 31.2 Å². The van der Waals surface area contributed by atoms with Gasteiger partial charge in [0.1, 0.15) is 0 Å². The lowest BCUT2D eigenvalue weighted by Gasteiger charge is -2.23. The highest BCUT2D eigenvalue weighted by atomic mass is 15.1. The Kier molecular flexibility index (Phi) is 4.37. The molecule has 2 heteroatoms. The van der Waals surface area contributed by atoms with E-state index in [-0.39, 0.29) is 6.04 Å². The van der Waals surface area contributed by atoms with Crippen LogP contribution in [0.2, 0.25) is 0 Å². The molecule has 0 aliphatic heterocycles. The summed E-state index contributed by atoms with van der Waals surface area (Å²) < 4.78 is 0. The molecule has 1 unspecified atom stereocenters. The standard InChI is InChI=1S/C13H20N2/c1-4-10-15(3)13-9-7-6-8-11(13)12(14)5-2/h4,6-9,12H,1,5,10,14H2,2-3H3. The molecule has 0 saturated heterocycles. The van der Waals surface area contributed by atoms with Gasteiger partial charge in [0, 0.05) is 25.3 Å². The van der Waals surface area contributed by atoms with Gasteiger partial charge in [0.25, 0.3) is 0 Å². The lowest BCUT2D eigenvalue weighted by molar-refractivity contribution is 0.696. The van der Waals surface area contributed by atoms with Gasteiger partial charge in [-0.2, -0.15) is 0 Å². The molecule has 82 valence electrons. The molecule has 0 saturated carbocycles. The van der Waals surface area contributed by atoms with Crippen LogP contribution in [0, 0.1) is 0 Å². The monoisotopic (exact) mass is 204 g/mol. The summed E-state index contributed by atoms with van der Waals surface area (Å²) in [4.78, 5) is 2.16. The van der Waals surface area contributed by atoms with E-state index in [1.807, 2.05) is 18.2 Å². The average Bonchev–Trinajstić information content (AvgIpc) is 2.28. The van der Waals surface area contributed by atoms with E-state index in [0.29, 0.717) is 0 Å². The van der Waals surface area contributed by atoms with Crippen molar-refractivity contribution in [3.05, 3.63) is 42.5 Å². The molecular formula is C13H20N2. The van der Waals surface area contributed by atoms with E-state index in [9.17, 15) is 0 Å². The molecule has 1 rings (SSSR count). The normalized spacial score (nSPS) is 12.2. The van der Waals surface area contributed by atoms with Crippen LogP contribution >= 0.6 is 0 Å². The molecular weight excluding hydrogens is 184 g/mol. The van der Waals surface area contributed by atoms with Crippen LogP contribution in [0.15, 0.2) is 36.9 Å². The molecule has 15 heavy (non-hydrogen) atoms. The van der Waals surface area contributed by atoms with Gasteiger partial charge in [-0.15, -0.1) is 6.58 Å². The molecule has 0 fully saturated rings. The first-order chi connectivity index (χ1) is 7.20. The summed E-state index contributed by atoms with van der Waals surface area (Å²) in [5.41, 5.74) is 8.49. The van der Waals surface area contributed by atoms with E-state index in [4.69, 9.17) is 5.73 Å². The van der Waals surface area contributed by atoms with Crippen molar-refractivity contribution in [2.75, 3.05) is 18.5 Å². The molecule has 1 atom stereocenters. The van der Waals surface area contributed by atoms with E-state index in [2.05, 4.69) is 37.6 Å². The first-order valence-corrected chi connectivity index (χ1v) is 5.37. The maximum absolute atomic E-state index is 6.08. The molecule has 2 N–H and O–H groups in total. The van der Waals surface area contributed by atoms with Crippen molar-refractivity contribution in [1.29, 1.82) is 0 Å². The molecule has 2 nitrogen and oxygen atoms in total. The van der Waals surface area contributed by atoms with Gasteiger partial charge in [0.05, 0.1) is 0 Å². The second-order valence-corrected chi connectivity index (χ2v) is 3.74. The Balaban J connectivity index is 2.99. The van der Waals surface area contributed by atoms with Crippen molar-refractivity contribution in [1.82, 2.24) is 0 Å². The van der Waals surface area contributed by atoms with E-state index < -0.39 is 0 Å². The summed E-state index contributed by atoms with van der Waals surface area (Å²) in [6, 6.07) is 8.41. The SMILES string of the molecule is C=CCN(C)c1ccccc1C(N)CC. The number of anilines is 1. The van der Waals surface area contributed by atoms with Gasteiger partial charge in [-0.05, 0) is 18.1 Å². The van der Waals surface area contributed by atoms with Crippen molar-refractivity contribution >= 4 is 5.69 Å². The highest BCUT2D eigenvalue weighted by molar-refractivity contribution is 5.54. The fourth-order valence-corrected chi connectivity index (χ4v) is 1.66. The maximum atomic E-state index is 6.08. The minimum absolute atomic E-state index is 0.119. The van der Waals surface area contributed by atoms with Crippen LogP contribution in [0.5, 0.6) is 0 Å². The number of hydrogen-bond donors (Lipinski definition) is 1.